The van der Waals surface area contributed by atoms with Gasteiger partial charge in [0.25, 0.3) is 0 Å². The van der Waals surface area contributed by atoms with Crippen LogP contribution in [0.3, 0.4) is 0 Å². The molecule has 0 unspecified atom stereocenters. The summed E-state index contributed by atoms with van der Waals surface area (Å²) >= 11 is 0. The van der Waals surface area contributed by atoms with E-state index in [0.717, 1.165) is 11.3 Å². The van der Waals surface area contributed by atoms with E-state index in [0.29, 0.717) is 24.4 Å². The zero-order chi connectivity index (χ0) is 18.2. The van der Waals surface area contributed by atoms with Crippen LogP contribution in [0.2, 0.25) is 0 Å². The number of methoxy groups -OCH3 is 1. The summed E-state index contributed by atoms with van der Waals surface area (Å²) in [6.07, 6.45) is 0. The fraction of sp³-hybridized carbons (Fsp3) is 0.263. The molecule has 2 aromatic carbocycles. The van der Waals surface area contributed by atoms with Crippen molar-refractivity contribution in [1.29, 1.82) is 0 Å². The zero-order valence-electron chi connectivity index (χ0n) is 14.6. The maximum absolute atomic E-state index is 11.9. The number of hydrogen-bond acceptors (Lipinski definition) is 4. The molecule has 0 saturated carbocycles. The highest BCUT2D eigenvalue weighted by Crippen LogP contribution is 2.20. The van der Waals surface area contributed by atoms with Crippen molar-refractivity contribution in [2.45, 2.75) is 13.8 Å². The van der Waals surface area contributed by atoms with Gasteiger partial charge in [-0.15, -0.1) is 0 Å². The summed E-state index contributed by atoms with van der Waals surface area (Å²) in [5, 5.41) is 5.40. The van der Waals surface area contributed by atoms with Crippen molar-refractivity contribution in [3.63, 3.8) is 0 Å². The third-order valence-corrected chi connectivity index (χ3v) is 3.76. The molecule has 2 amide bonds. The van der Waals surface area contributed by atoms with E-state index in [1.807, 2.05) is 32.0 Å². The largest absolute Gasteiger partial charge is 0.491 e. The van der Waals surface area contributed by atoms with E-state index in [4.69, 9.17) is 4.74 Å². The van der Waals surface area contributed by atoms with Gasteiger partial charge in [-0.05, 0) is 55.3 Å². The smallest absolute Gasteiger partial charge is 0.337 e. The van der Waals surface area contributed by atoms with Gasteiger partial charge in [0.1, 0.15) is 12.4 Å². The Morgan fingerprint density at radius 2 is 1.76 bits per heavy atom. The van der Waals surface area contributed by atoms with Gasteiger partial charge in [-0.3, -0.25) is 0 Å². The molecule has 0 aliphatic carbocycles. The van der Waals surface area contributed by atoms with Crippen molar-refractivity contribution >= 4 is 17.7 Å². The van der Waals surface area contributed by atoms with Crippen LogP contribution in [0.4, 0.5) is 10.5 Å². The van der Waals surface area contributed by atoms with Gasteiger partial charge in [-0.2, -0.15) is 0 Å². The topological polar surface area (TPSA) is 76.7 Å². The maximum Gasteiger partial charge on any atom is 0.337 e. The second kappa shape index (κ2) is 8.73. The number of esters is 1. The maximum atomic E-state index is 11.9. The van der Waals surface area contributed by atoms with Crippen molar-refractivity contribution < 1.29 is 19.1 Å². The molecule has 0 aliphatic heterocycles. The van der Waals surface area contributed by atoms with Gasteiger partial charge >= 0.3 is 12.0 Å². The fourth-order valence-electron chi connectivity index (χ4n) is 2.19. The summed E-state index contributed by atoms with van der Waals surface area (Å²) in [6.45, 7) is 4.78. The summed E-state index contributed by atoms with van der Waals surface area (Å²) < 4.78 is 10.3. The Morgan fingerprint density at radius 3 is 2.44 bits per heavy atom. The zero-order valence-corrected chi connectivity index (χ0v) is 14.6. The van der Waals surface area contributed by atoms with E-state index in [1.165, 1.54) is 12.7 Å². The Kier molecular flexibility index (Phi) is 6.39. The van der Waals surface area contributed by atoms with E-state index in [9.17, 15) is 9.59 Å². The SMILES string of the molecule is COC(=O)c1ccc(NC(=O)NCCOc2cccc(C)c2C)cc1. The molecular weight excluding hydrogens is 320 g/mol. The predicted octanol–water partition coefficient (Wildman–Crippen LogP) is 3.29. The lowest BCUT2D eigenvalue weighted by Crippen LogP contribution is -2.32. The number of anilines is 1. The lowest BCUT2D eigenvalue weighted by Gasteiger charge is -2.12. The summed E-state index contributed by atoms with van der Waals surface area (Å²) in [7, 11) is 1.32. The van der Waals surface area contributed by atoms with Crippen molar-refractivity contribution in [2.75, 3.05) is 25.6 Å². The minimum absolute atomic E-state index is 0.338. The van der Waals surface area contributed by atoms with Crippen LogP contribution < -0.4 is 15.4 Å². The van der Waals surface area contributed by atoms with E-state index < -0.39 is 5.97 Å². The number of aryl methyl sites for hydroxylation is 1. The highest BCUT2D eigenvalue weighted by atomic mass is 16.5. The first-order valence-corrected chi connectivity index (χ1v) is 7.93. The molecule has 0 heterocycles. The van der Waals surface area contributed by atoms with Gasteiger partial charge in [0.15, 0.2) is 0 Å². The van der Waals surface area contributed by atoms with Crippen molar-refractivity contribution in [1.82, 2.24) is 5.32 Å². The minimum atomic E-state index is -0.417. The number of carbonyl (C=O) groups excluding carboxylic acids is 2. The predicted molar refractivity (Wildman–Crippen MR) is 96.2 cm³/mol. The Morgan fingerprint density at radius 1 is 1.04 bits per heavy atom. The molecule has 2 aromatic rings. The molecule has 6 nitrogen and oxygen atoms in total. The standard InChI is InChI=1S/C19H22N2O4/c1-13-5-4-6-17(14(13)2)25-12-11-20-19(23)21-16-9-7-15(8-10-16)18(22)24-3/h4-10H,11-12H2,1-3H3,(H2,20,21,23). The normalized spacial score (nSPS) is 10.0. The van der Waals surface area contributed by atoms with Gasteiger partial charge in [-0.25, -0.2) is 9.59 Å². The Balaban J connectivity index is 1.75. The molecule has 0 fully saturated rings. The average molecular weight is 342 g/mol. The molecular formula is C19H22N2O4. The minimum Gasteiger partial charge on any atom is -0.491 e. The first-order chi connectivity index (χ1) is 12.0. The molecule has 6 heteroatoms. The van der Waals surface area contributed by atoms with Gasteiger partial charge in [0.05, 0.1) is 19.2 Å². The quantitative estimate of drug-likeness (QED) is 0.624. The van der Waals surface area contributed by atoms with Crippen LogP contribution in [0.15, 0.2) is 42.5 Å². The van der Waals surface area contributed by atoms with Crippen LogP contribution in [0.5, 0.6) is 5.75 Å². The molecule has 0 bridgehead atoms. The van der Waals surface area contributed by atoms with Gasteiger partial charge < -0.3 is 20.1 Å². The van der Waals surface area contributed by atoms with Crippen LogP contribution in [0.25, 0.3) is 0 Å². The molecule has 0 radical (unpaired) electrons. The molecule has 0 saturated heterocycles. The Hall–Kier alpha value is -3.02. The number of amides is 2. The van der Waals surface area contributed by atoms with Crippen molar-refractivity contribution in [3.05, 3.63) is 59.2 Å². The van der Waals surface area contributed by atoms with E-state index >= 15 is 0 Å². The number of urea groups is 1. The van der Waals surface area contributed by atoms with Gasteiger partial charge in [0, 0.05) is 5.69 Å². The van der Waals surface area contributed by atoms with Crippen LogP contribution in [0, 0.1) is 13.8 Å². The number of carbonyl (C=O) groups is 2. The second-order valence-corrected chi connectivity index (χ2v) is 5.50. The molecule has 25 heavy (non-hydrogen) atoms. The monoisotopic (exact) mass is 342 g/mol. The van der Waals surface area contributed by atoms with Crippen LogP contribution in [-0.2, 0) is 4.74 Å². The molecule has 0 aliphatic rings. The summed E-state index contributed by atoms with van der Waals surface area (Å²) in [5.41, 5.74) is 3.27. The molecule has 2 N–H and O–H groups in total. The van der Waals surface area contributed by atoms with Crippen molar-refractivity contribution in [2.24, 2.45) is 0 Å². The second-order valence-electron chi connectivity index (χ2n) is 5.50. The van der Waals surface area contributed by atoms with Crippen LogP contribution in [-0.4, -0.2) is 32.3 Å². The van der Waals surface area contributed by atoms with E-state index in [1.54, 1.807) is 24.3 Å². The molecule has 2 rings (SSSR count). The van der Waals surface area contributed by atoms with E-state index in [2.05, 4.69) is 15.4 Å². The number of nitrogens with one attached hydrogen (secondary N) is 2. The van der Waals surface area contributed by atoms with Crippen molar-refractivity contribution in [3.8, 4) is 5.75 Å². The number of rotatable bonds is 6. The fourth-order valence-corrected chi connectivity index (χ4v) is 2.19. The first kappa shape index (κ1) is 18.3. The first-order valence-electron chi connectivity index (χ1n) is 7.93. The Bertz CT molecular complexity index is 742. The van der Waals surface area contributed by atoms with Gasteiger partial charge in [0.2, 0.25) is 0 Å². The summed E-state index contributed by atoms with van der Waals surface area (Å²) in [6, 6.07) is 12.0. The third-order valence-electron chi connectivity index (χ3n) is 3.76. The number of ether oxygens (including phenoxy) is 2. The van der Waals surface area contributed by atoms with Crippen LogP contribution in [0.1, 0.15) is 21.5 Å². The summed E-state index contributed by atoms with van der Waals surface area (Å²) in [5.74, 6) is 0.403. The Labute approximate surface area is 147 Å². The van der Waals surface area contributed by atoms with Gasteiger partial charge in [-0.1, -0.05) is 12.1 Å². The molecule has 132 valence electrons. The highest BCUT2D eigenvalue weighted by Gasteiger charge is 2.06. The lowest BCUT2D eigenvalue weighted by molar-refractivity contribution is 0.0600. The summed E-state index contributed by atoms with van der Waals surface area (Å²) in [4.78, 5) is 23.2. The molecule has 0 aromatic heterocycles. The molecule has 0 atom stereocenters. The number of benzene rings is 2. The lowest BCUT2D eigenvalue weighted by atomic mass is 10.1. The number of hydrogen-bond donors (Lipinski definition) is 2. The van der Waals surface area contributed by atoms with Crippen LogP contribution >= 0.6 is 0 Å². The highest BCUT2D eigenvalue weighted by molar-refractivity contribution is 5.92. The average Bonchev–Trinajstić information content (AvgIpc) is 2.62. The molecule has 0 spiro atoms. The third kappa shape index (κ3) is 5.24. The van der Waals surface area contributed by atoms with E-state index in [-0.39, 0.29) is 6.03 Å².